The fraction of sp³-hybridized carbons (Fsp3) is 0.412. The van der Waals surface area contributed by atoms with E-state index in [1.54, 1.807) is 30.0 Å². The number of rotatable bonds is 6. The summed E-state index contributed by atoms with van der Waals surface area (Å²) in [4.78, 5) is 12.5. The molecule has 0 radical (unpaired) electrons. The minimum absolute atomic E-state index is 0.151. The minimum atomic E-state index is -0.863. The molecule has 1 aromatic heterocycles. The van der Waals surface area contributed by atoms with E-state index in [0.717, 1.165) is 12.2 Å². The molecular formula is C17H20FN3O2S. The topological polar surface area (TPSA) is 78.0 Å². The summed E-state index contributed by atoms with van der Waals surface area (Å²) in [6.07, 6.45) is 3.01. The van der Waals surface area contributed by atoms with Crippen molar-refractivity contribution < 1.29 is 14.3 Å². The first-order chi connectivity index (χ1) is 11.5. The minimum Gasteiger partial charge on any atom is -0.387 e. The van der Waals surface area contributed by atoms with Gasteiger partial charge >= 0.3 is 0 Å². The Balaban J connectivity index is 1.71. The number of nitrogens with zero attached hydrogens (tertiary/aromatic N) is 1. The Kier molecular flexibility index (Phi) is 4.91. The van der Waals surface area contributed by atoms with Crippen LogP contribution in [0.25, 0.3) is 11.3 Å². The molecule has 2 unspecified atom stereocenters. The Hall–Kier alpha value is -1.86. The average molecular weight is 349 g/mol. The molecule has 1 heterocycles. The van der Waals surface area contributed by atoms with Gasteiger partial charge in [-0.2, -0.15) is 16.9 Å². The lowest BCUT2D eigenvalue weighted by atomic mass is 9.79. The van der Waals surface area contributed by atoms with Gasteiger partial charge in [-0.1, -0.05) is 19.1 Å². The number of thioether (sulfide) groups is 1. The van der Waals surface area contributed by atoms with Gasteiger partial charge in [-0.05, 0) is 30.7 Å². The predicted molar refractivity (Wildman–Crippen MR) is 92.4 cm³/mol. The van der Waals surface area contributed by atoms with E-state index in [-0.39, 0.29) is 23.3 Å². The maximum Gasteiger partial charge on any atom is 0.255 e. The van der Waals surface area contributed by atoms with Crippen LogP contribution in [0, 0.1) is 5.82 Å². The highest BCUT2D eigenvalue weighted by molar-refractivity contribution is 8.00. The van der Waals surface area contributed by atoms with Crippen LogP contribution >= 0.6 is 11.8 Å². The van der Waals surface area contributed by atoms with Gasteiger partial charge in [0.05, 0.1) is 23.1 Å². The summed E-state index contributed by atoms with van der Waals surface area (Å²) in [7, 11) is 0. The van der Waals surface area contributed by atoms with Crippen molar-refractivity contribution in [3.63, 3.8) is 0 Å². The molecule has 1 fully saturated rings. The third-order valence-electron chi connectivity index (χ3n) is 4.39. The van der Waals surface area contributed by atoms with Crippen LogP contribution in [0.4, 0.5) is 4.39 Å². The average Bonchev–Trinajstić information content (AvgIpc) is 3.06. The van der Waals surface area contributed by atoms with Gasteiger partial charge in [-0.15, -0.1) is 0 Å². The van der Waals surface area contributed by atoms with Crippen LogP contribution in [0.5, 0.6) is 0 Å². The molecule has 5 nitrogen and oxygen atoms in total. The number of benzene rings is 1. The summed E-state index contributed by atoms with van der Waals surface area (Å²) in [6, 6.07) is 6.21. The Morgan fingerprint density at radius 2 is 2.33 bits per heavy atom. The van der Waals surface area contributed by atoms with Gasteiger partial charge in [0, 0.05) is 17.4 Å². The summed E-state index contributed by atoms with van der Waals surface area (Å²) < 4.78 is 13.9. The molecule has 3 rings (SSSR count). The maximum absolute atomic E-state index is 13.9. The first-order valence-electron chi connectivity index (χ1n) is 7.95. The van der Waals surface area contributed by atoms with E-state index < -0.39 is 11.4 Å². The third-order valence-corrected chi connectivity index (χ3v) is 5.80. The van der Waals surface area contributed by atoms with Gasteiger partial charge in [-0.3, -0.25) is 9.89 Å². The second-order valence-electron chi connectivity index (χ2n) is 5.91. The van der Waals surface area contributed by atoms with Gasteiger partial charge in [0.15, 0.2) is 0 Å². The standard InChI is InChI=1S/C17H20FN3O2S/c1-2-24-14-7-8-17(14,23)10-19-16(22)12-9-20-21-15(12)11-5-3-4-6-13(11)18/h3-6,9,14,23H,2,7-8,10H2,1H3,(H,19,22)(H,20,21). The zero-order valence-electron chi connectivity index (χ0n) is 13.4. The molecule has 0 bridgehead atoms. The number of aromatic amines is 1. The van der Waals surface area contributed by atoms with E-state index in [4.69, 9.17) is 0 Å². The van der Waals surface area contributed by atoms with Crippen molar-refractivity contribution in [2.75, 3.05) is 12.3 Å². The molecule has 1 aromatic carbocycles. The number of carbonyl (C=O) groups excluding carboxylic acids is 1. The second-order valence-corrected chi connectivity index (χ2v) is 7.39. The number of hydrogen-bond acceptors (Lipinski definition) is 4. The van der Waals surface area contributed by atoms with Crippen molar-refractivity contribution in [1.29, 1.82) is 0 Å². The van der Waals surface area contributed by atoms with Crippen molar-refractivity contribution in [1.82, 2.24) is 15.5 Å². The lowest BCUT2D eigenvalue weighted by molar-refractivity contribution is -0.0221. The summed E-state index contributed by atoms with van der Waals surface area (Å²) in [5, 5.41) is 20.0. The second kappa shape index (κ2) is 6.94. The van der Waals surface area contributed by atoms with E-state index in [1.807, 2.05) is 6.92 Å². The van der Waals surface area contributed by atoms with Gasteiger partial charge < -0.3 is 10.4 Å². The monoisotopic (exact) mass is 349 g/mol. The molecule has 2 aromatic rings. The predicted octanol–water partition coefficient (Wildman–Crippen LogP) is 2.59. The molecule has 3 N–H and O–H groups in total. The van der Waals surface area contributed by atoms with E-state index >= 15 is 0 Å². The summed E-state index contributed by atoms with van der Waals surface area (Å²) in [5.74, 6) is 0.135. The zero-order valence-corrected chi connectivity index (χ0v) is 14.2. The Bertz CT molecular complexity index is 736. The molecule has 1 saturated carbocycles. The lowest BCUT2D eigenvalue weighted by Gasteiger charge is -2.45. The molecular weight excluding hydrogens is 329 g/mol. The molecule has 0 spiro atoms. The number of nitrogens with one attached hydrogen (secondary N) is 2. The van der Waals surface area contributed by atoms with Crippen LogP contribution in [0.2, 0.25) is 0 Å². The van der Waals surface area contributed by atoms with E-state index in [1.165, 1.54) is 12.3 Å². The number of halogens is 1. The third kappa shape index (κ3) is 3.18. The van der Waals surface area contributed by atoms with Crippen LogP contribution in [0.15, 0.2) is 30.5 Å². The highest BCUT2D eigenvalue weighted by atomic mass is 32.2. The Morgan fingerprint density at radius 3 is 3.00 bits per heavy atom. The number of aromatic nitrogens is 2. The molecule has 7 heteroatoms. The summed E-state index contributed by atoms with van der Waals surface area (Å²) in [6.45, 7) is 2.24. The van der Waals surface area contributed by atoms with Crippen LogP contribution < -0.4 is 5.32 Å². The largest absolute Gasteiger partial charge is 0.387 e. The molecule has 1 aliphatic carbocycles. The van der Waals surface area contributed by atoms with Crippen molar-refractivity contribution >= 4 is 17.7 Å². The Labute approximate surface area is 144 Å². The number of amides is 1. The smallest absolute Gasteiger partial charge is 0.255 e. The van der Waals surface area contributed by atoms with E-state index in [0.29, 0.717) is 17.7 Å². The Morgan fingerprint density at radius 1 is 1.54 bits per heavy atom. The molecule has 1 aliphatic rings. The summed E-state index contributed by atoms with van der Waals surface area (Å²) in [5.41, 5.74) is 0.0356. The van der Waals surface area contributed by atoms with Crippen molar-refractivity contribution in [3.05, 3.63) is 41.8 Å². The zero-order chi connectivity index (χ0) is 17.2. The van der Waals surface area contributed by atoms with E-state index in [2.05, 4.69) is 15.5 Å². The van der Waals surface area contributed by atoms with Crippen LogP contribution in [-0.4, -0.2) is 44.4 Å². The van der Waals surface area contributed by atoms with Gasteiger partial charge in [0.1, 0.15) is 5.82 Å². The van der Waals surface area contributed by atoms with Gasteiger partial charge in [0.25, 0.3) is 5.91 Å². The normalized spacial score (nSPS) is 22.9. The van der Waals surface area contributed by atoms with Crippen molar-refractivity contribution in [3.8, 4) is 11.3 Å². The molecule has 2 atom stereocenters. The van der Waals surface area contributed by atoms with Crippen LogP contribution in [-0.2, 0) is 0 Å². The fourth-order valence-electron chi connectivity index (χ4n) is 2.89. The van der Waals surface area contributed by atoms with Crippen molar-refractivity contribution in [2.45, 2.75) is 30.6 Å². The van der Waals surface area contributed by atoms with Crippen molar-refractivity contribution in [2.24, 2.45) is 0 Å². The SMILES string of the molecule is CCSC1CCC1(O)CNC(=O)c1cn[nH]c1-c1ccccc1F. The van der Waals surface area contributed by atoms with Crippen LogP contribution in [0.1, 0.15) is 30.1 Å². The summed E-state index contributed by atoms with van der Waals surface area (Å²) >= 11 is 1.71. The molecule has 1 amide bonds. The number of hydrogen-bond donors (Lipinski definition) is 3. The first-order valence-corrected chi connectivity index (χ1v) is 9.00. The molecule has 24 heavy (non-hydrogen) atoms. The molecule has 128 valence electrons. The number of carbonyl (C=O) groups is 1. The molecule has 0 saturated heterocycles. The molecule has 0 aliphatic heterocycles. The first kappa shape index (κ1) is 17.0. The lowest BCUT2D eigenvalue weighted by Crippen LogP contribution is -2.57. The highest BCUT2D eigenvalue weighted by Crippen LogP contribution is 2.40. The highest BCUT2D eigenvalue weighted by Gasteiger charge is 2.45. The quantitative estimate of drug-likeness (QED) is 0.749. The van der Waals surface area contributed by atoms with Crippen LogP contribution in [0.3, 0.4) is 0 Å². The van der Waals surface area contributed by atoms with Gasteiger partial charge in [0.2, 0.25) is 0 Å². The maximum atomic E-state index is 13.9. The van der Waals surface area contributed by atoms with Gasteiger partial charge in [-0.25, -0.2) is 4.39 Å². The number of H-pyrrole nitrogens is 1. The van der Waals surface area contributed by atoms with E-state index in [9.17, 15) is 14.3 Å². The number of aliphatic hydroxyl groups is 1. The fourth-order valence-corrected chi connectivity index (χ4v) is 4.09.